The molecule has 0 fully saturated rings. The van der Waals surface area contributed by atoms with Crippen LogP contribution in [0, 0.1) is 4.91 Å². The summed E-state index contributed by atoms with van der Waals surface area (Å²) in [4.78, 5) is 35.6. The predicted octanol–water partition coefficient (Wildman–Crippen LogP) is 0.612. The minimum absolute atomic E-state index is 0.0869. The summed E-state index contributed by atoms with van der Waals surface area (Å²) in [6, 6.07) is 8.32. The second-order valence-corrected chi connectivity index (χ2v) is 7.47. The topological polar surface area (TPSA) is 116 Å². The second-order valence-electron chi connectivity index (χ2n) is 7.47. The third-order valence-electron chi connectivity index (χ3n) is 5.43. The standard InChI is InChI=1S/C20H25N7O2/c21-20-25-17(10-18-24-16(11-23-29)13-27(18)20)19(28)22-7-3-8-26-9-6-14-4-1-2-5-15(14)12-26/h1-2,4-5,10,16H,3,6-9,11-13H2,(H2,21,25)(H,22,28). The van der Waals surface area contributed by atoms with E-state index in [2.05, 4.69) is 49.6 Å². The first-order valence-electron chi connectivity index (χ1n) is 9.91. The summed E-state index contributed by atoms with van der Waals surface area (Å²) < 4.78 is 0. The summed E-state index contributed by atoms with van der Waals surface area (Å²) in [5, 5.41) is 5.80. The number of benzene rings is 1. The first kappa shape index (κ1) is 19.3. The molecule has 1 amide bonds. The minimum Gasteiger partial charge on any atom is -0.369 e. The van der Waals surface area contributed by atoms with Crippen LogP contribution in [0.15, 0.2) is 51.2 Å². The van der Waals surface area contributed by atoms with Crippen LogP contribution in [-0.2, 0) is 17.8 Å². The zero-order chi connectivity index (χ0) is 20.2. The average Bonchev–Trinajstić information content (AvgIpc) is 3.14. The van der Waals surface area contributed by atoms with E-state index < -0.39 is 0 Å². The van der Waals surface area contributed by atoms with Gasteiger partial charge in [-0.3, -0.25) is 19.6 Å². The van der Waals surface area contributed by atoms with E-state index in [0.717, 1.165) is 32.5 Å². The van der Waals surface area contributed by atoms with Gasteiger partial charge in [-0.25, -0.2) is 4.99 Å². The summed E-state index contributed by atoms with van der Waals surface area (Å²) >= 11 is 0. The van der Waals surface area contributed by atoms with Crippen molar-refractivity contribution in [2.45, 2.75) is 25.4 Å². The SMILES string of the molecule is NC1=NC(C(=O)NCCCN2CCc3ccccc3C2)=CC2=NC(CN=O)CN12. The van der Waals surface area contributed by atoms with E-state index >= 15 is 0 Å². The third-order valence-corrected chi connectivity index (χ3v) is 5.43. The van der Waals surface area contributed by atoms with Gasteiger partial charge in [-0.05, 0) is 24.0 Å². The van der Waals surface area contributed by atoms with Crippen LogP contribution in [0.4, 0.5) is 0 Å². The quantitative estimate of drug-likeness (QED) is 0.518. The average molecular weight is 395 g/mol. The molecule has 3 aliphatic heterocycles. The molecule has 3 aliphatic rings. The molecule has 3 N–H and O–H groups in total. The van der Waals surface area contributed by atoms with Crippen LogP contribution < -0.4 is 11.1 Å². The van der Waals surface area contributed by atoms with Crippen LogP contribution in [0.2, 0.25) is 0 Å². The minimum atomic E-state index is -0.267. The van der Waals surface area contributed by atoms with Gasteiger partial charge < -0.3 is 11.1 Å². The molecule has 1 unspecified atom stereocenters. The number of hydrogen-bond donors (Lipinski definition) is 2. The van der Waals surface area contributed by atoms with Gasteiger partial charge >= 0.3 is 0 Å². The Morgan fingerprint density at radius 1 is 1.31 bits per heavy atom. The lowest BCUT2D eigenvalue weighted by Crippen LogP contribution is -2.43. The summed E-state index contributed by atoms with van der Waals surface area (Å²) in [7, 11) is 0. The van der Waals surface area contributed by atoms with Crippen LogP contribution >= 0.6 is 0 Å². The molecule has 1 aromatic carbocycles. The van der Waals surface area contributed by atoms with Gasteiger partial charge in [0.05, 0.1) is 12.6 Å². The monoisotopic (exact) mass is 395 g/mol. The molecule has 0 bridgehead atoms. The molecule has 0 radical (unpaired) electrons. The van der Waals surface area contributed by atoms with E-state index in [1.807, 2.05) is 0 Å². The molecule has 3 heterocycles. The maximum absolute atomic E-state index is 12.5. The smallest absolute Gasteiger partial charge is 0.270 e. The van der Waals surface area contributed by atoms with Crippen molar-refractivity contribution < 1.29 is 4.79 Å². The number of fused-ring (bicyclic) bond motifs is 2. The van der Waals surface area contributed by atoms with Crippen molar-refractivity contribution in [3.63, 3.8) is 0 Å². The Kier molecular flexibility index (Phi) is 5.66. The zero-order valence-corrected chi connectivity index (χ0v) is 16.3. The van der Waals surface area contributed by atoms with Gasteiger partial charge in [-0.1, -0.05) is 29.4 Å². The maximum Gasteiger partial charge on any atom is 0.270 e. The highest BCUT2D eigenvalue weighted by Gasteiger charge is 2.30. The number of nitroso groups, excluding NO2 is 1. The Bertz CT molecular complexity index is 893. The van der Waals surface area contributed by atoms with Crippen molar-refractivity contribution in [3.05, 3.63) is 52.1 Å². The molecule has 0 saturated carbocycles. The van der Waals surface area contributed by atoms with Crippen LogP contribution in [0.5, 0.6) is 0 Å². The maximum atomic E-state index is 12.5. The van der Waals surface area contributed by atoms with E-state index in [-0.39, 0.29) is 30.2 Å². The number of nitrogens with zero attached hydrogens (tertiary/aromatic N) is 5. The largest absolute Gasteiger partial charge is 0.369 e. The molecule has 1 aromatic rings. The fraction of sp³-hybridized carbons (Fsp3) is 0.450. The van der Waals surface area contributed by atoms with E-state index in [4.69, 9.17) is 5.73 Å². The number of nitrogens with one attached hydrogen (secondary N) is 1. The van der Waals surface area contributed by atoms with Crippen molar-refractivity contribution in [3.8, 4) is 0 Å². The molecular weight excluding hydrogens is 370 g/mol. The predicted molar refractivity (Wildman–Crippen MR) is 111 cm³/mol. The Balaban J connectivity index is 1.26. The number of amides is 1. The fourth-order valence-electron chi connectivity index (χ4n) is 3.91. The Hall–Kier alpha value is -3.07. The van der Waals surface area contributed by atoms with Crippen LogP contribution in [-0.4, -0.2) is 66.3 Å². The van der Waals surface area contributed by atoms with Gasteiger partial charge in [0, 0.05) is 32.3 Å². The molecular formula is C20H25N7O2. The van der Waals surface area contributed by atoms with Gasteiger partial charge in [-0.15, -0.1) is 0 Å². The fourth-order valence-corrected chi connectivity index (χ4v) is 3.91. The van der Waals surface area contributed by atoms with Crippen molar-refractivity contribution in [2.75, 3.05) is 32.7 Å². The lowest BCUT2D eigenvalue weighted by Gasteiger charge is -2.28. The number of guanidine groups is 1. The molecule has 29 heavy (non-hydrogen) atoms. The number of amidine groups is 1. The molecule has 1 atom stereocenters. The summed E-state index contributed by atoms with van der Waals surface area (Å²) in [5.74, 6) is 0.510. The van der Waals surface area contributed by atoms with E-state index in [0.29, 0.717) is 18.9 Å². The second kappa shape index (κ2) is 8.52. The van der Waals surface area contributed by atoms with Gasteiger partial charge in [0.1, 0.15) is 18.1 Å². The number of nitrogens with two attached hydrogens (primary N) is 1. The first-order valence-corrected chi connectivity index (χ1v) is 9.91. The Labute approximate surface area is 169 Å². The highest BCUT2D eigenvalue weighted by molar-refractivity contribution is 6.13. The van der Waals surface area contributed by atoms with Crippen LogP contribution in [0.3, 0.4) is 0 Å². The number of rotatable bonds is 7. The van der Waals surface area contributed by atoms with Crippen molar-refractivity contribution in [2.24, 2.45) is 20.9 Å². The first-order chi connectivity index (χ1) is 14.1. The van der Waals surface area contributed by atoms with Gasteiger partial charge in [0.15, 0.2) is 0 Å². The highest BCUT2D eigenvalue weighted by atomic mass is 16.3. The lowest BCUT2D eigenvalue weighted by molar-refractivity contribution is -0.117. The number of carbonyl (C=O) groups excluding carboxylic acids is 1. The Morgan fingerprint density at radius 3 is 2.97 bits per heavy atom. The molecule has 0 saturated heterocycles. The molecule has 9 heteroatoms. The normalized spacial score (nSPS) is 20.9. The van der Waals surface area contributed by atoms with Gasteiger partial charge in [0.2, 0.25) is 5.96 Å². The molecule has 152 valence electrons. The molecule has 0 aliphatic carbocycles. The van der Waals surface area contributed by atoms with Crippen molar-refractivity contribution in [1.29, 1.82) is 0 Å². The Morgan fingerprint density at radius 2 is 2.14 bits per heavy atom. The van der Waals surface area contributed by atoms with Gasteiger partial charge in [0.25, 0.3) is 5.91 Å². The van der Waals surface area contributed by atoms with E-state index in [1.54, 1.807) is 11.0 Å². The summed E-state index contributed by atoms with van der Waals surface area (Å²) in [5.41, 5.74) is 9.03. The molecule has 9 nitrogen and oxygen atoms in total. The molecule has 4 rings (SSSR count). The lowest BCUT2D eigenvalue weighted by atomic mass is 10.00. The van der Waals surface area contributed by atoms with Crippen molar-refractivity contribution >= 4 is 17.7 Å². The molecule has 0 spiro atoms. The highest BCUT2D eigenvalue weighted by Crippen LogP contribution is 2.19. The number of hydrogen-bond acceptors (Lipinski definition) is 8. The van der Waals surface area contributed by atoms with Crippen LogP contribution in [0.25, 0.3) is 0 Å². The van der Waals surface area contributed by atoms with E-state index in [9.17, 15) is 9.70 Å². The number of aliphatic imine (C=N–C) groups is 2. The number of carbonyl (C=O) groups is 1. The van der Waals surface area contributed by atoms with Crippen molar-refractivity contribution in [1.82, 2.24) is 15.1 Å². The zero-order valence-electron chi connectivity index (χ0n) is 16.3. The molecule has 0 aromatic heterocycles. The van der Waals surface area contributed by atoms with Gasteiger partial charge in [-0.2, -0.15) is 4.91 Å². The van der Waals surface area contributed by atoms with Crippen LogP contribution in [0.1, 0.15) is 17.5 Å². The van der Waals surface area contributed by atoms with E-state index in [1.165, 1.54) is 11.1 Å². The summed E-state index contributed by atoms with van der Waals surface area (Å²) in [6.07, 6.45) is 3.54. The summed E-state index contributed by atoms with van der Waals surface area (Å²) in [6.45, 7) is 4.05. The third kappa shape index (κ3) is 4.34.